The third-order valence-electron chi connectivity index (χ3n) is 3.85. The molecule has 1 aliphatic heterocycles. The zero-order valence-corrected chi connectivity index (χ0v) is 11.2. The van der Waals surface area contributed by atoms with Gasteiger partial charge in [-0.3, -0.25) is 0 Å². The van der Waals surface area contributed by atoms with E-state index in [1.54, 1.807) is 12.5 Å². The van der Waals surface area contributed by atoms with Crippen LogP contribution in [0.3, 0.4) is 0 Å². The van der Waals surface area contributed by atoms with Crippen molar-refractivity contribution in [1.29, 1.82) is 0 Å². The molecule has 3 rings (SSSR count). The zero-order chi connectivity index (χ0) is 13.5. The normalized spacial score (nSPS) is 24.6. The maximum Gasteiger partial charge on any atom is 0.125 e. The van der Waals surface area contributed by atoms with E-state index in [0.717, 1.165) is 11.3 Å². The van der Waals surface area contributed by atoms with Crippen LogP contribution >= 0.6 is 0 Å². The summed E-state index contributed by atoms with van der Waals surface area (Å²) in [5.74, 6) is 0.762. The summed E-state index contributed by atoms with van der Waals surface area (Å²) in [6.07, 6.45) is 4.89. The van der Waals surface area contributed by atoms with Crippen LogP contribution in [-0.4, -0.2) is 20.3 Å². The Balaban J connectivity index is 1.95. The Morgan fingerprint density at radius 1 is 1.37 bits per heavy atom. The highest BCUT2D eigenvalue weighted by Crippen LogP contribution is 2.44. The number of aliphatic hydroxyl groups excluding tert-OH is 1. The molecule has 19 heavy (non-hydrogen) atoms. The molecule has 1 N–H and O–H groups in total. The SMILES string of the molecule is CC1(C)Oc2ccccc2[C@@H](O)[C@@H]1Cn1ccnc1. The van der Waals surface area contributed by atoms with E-state index in [1.165, 1.54) is 0 Å². The van der Waals surface area contributed by atoms with Crippen LogP contribution < -0.4 is 4.74 Å². The molecule has 0 fully saturated rings. The average molecular weight is 258 g/mol. The highest BCUT2D eigenvalue weighted by Gasteiger charge is 2.42. The smallest absolute Gasteiger partial charge is 0.125 e. The highest BCUT2D eigenvalue weighted by molar-refractivity contribution is 5.38. The fourth-order valence-electron chi connectivity index (χ4n) is 2.72. The van der Waals surface area contributed by atoms with Crippen molar-refractivity contribution < 1.29 is 9.84 Å². The Hall–Kier alpha value is -1.81. The van der Waals surface area contributed by atoms with Crippen molar-refractivity contribution in [3.8, 4) is 5.75 Å². The standard InChI is InChI=1S/C15H18N2O2/c1-15(2)12(9-17-8-7-16-10-17)14(18)11-5-3-4-6-13(11)19-15/h3-8,10,12,14,18H,9H2,1-2H3/t12-,14+/m0/s1. The van der Waals surface area contributed by atoms with Crippen molar-refractivity contribution in [3.63, 3.8) is 0 Å². The highest BCUT2D eigenvalue weighted by atomic mass is 16.5. The number of para-hydroxylation sites is 1. The molecule has 0 unspecified atom stereocenters. The molecule has 0 saturated carbocycles. The molecular weight excluding hydrogens is 240 g/mol. The third kappa shape index (κ3) is 2.12. The molecule has 1 aliphatic rings. The first kappa shape index (κ1) is 12.2. The second-order valence-electron chi connectivity index (χ2n) is 5.55. The number of fused-ring (bicyclic) bond motifs is 1. The van der Waals surface area contributed by atoms with E-state index >= 15 is 0 Å². The Morgan fingerprint density at radius 3 is 2.89 bits per heavy atom. The van der Waals surface area contributed by atoms with Gasteiger partial charge in [-0.05, 0) is 19.9 Å². The topological polar surface area (TPSA) is 47.3 Å². The molecule has 2 atom stereocenters. The second-order valence-corrected chi connectivity index (χ2v) is 5.55. The molecule has 0 bridgehead atoms. The fraction of sp³-hybridized carbons (Fsp3) is 0.400. The summed E-state index contributed by atoms with van der Waals surface area (Å²) in [6.45, 7) is 4.73. The summed E-state index contributed by atoms with van der Waals surface area (Å²) in [6, 6.07) is 7.69. The van der Waals surface area contributed by atoms with Gasteiger partial charge in [-0.1, -0.05) is 18.2 Å². The number of benzene rings is 1. The Kier molecular flexibility index (Phi) is 2.82. The molecule has 0 amide bonds. The molecule has 1 aromatic carbocycles. The lowest BCUT2D eigenvalue weighted by Gasteiger charge is -2.43. The number of aromatic nitrogens is 2. The van der Waals surface area contributed by atoms with E-state index in [-0.39, 0.29) is 5.92 Å². The van der Waals surface area contributed by atoms with Crippen LogP contribution in [0.2, 0.25) is 0 Å². The van der Waals surface area contributed by atoms with Crippen LogP contribution in [0.4, 0.5) is 0 Å². The molecule has 1 aromatic heterocycles. The lowest BCUT2D eigenvalue weighted by atomic mass is 9.80. The number of hydrogen-bond donors (Lipinski definition) is 1. The van der Waals surface area contributed by atoms with Crippen molar-refractivity contribution in [2.45, 2.75) is 32.1 Å². The van der Waals surface area contributed by atoms with E-state index < -0.39 is 11.7 Å². The first-order valence-corrected chi connectivity index (χ1v) is 6.50. The minimum absolute atomic E-state index is 0.0170. The summed E-state index contributed by atoms with van der Waals surface area (Å²) < 4.78 is 8.04. The first-order valence-electron chi connectivity index (χ1n) is 6.50. The summed E-state index contributed by atoms with van der Waals surface area (Å²) in [7, 11) is 0. The van der Waals surface area contributed by atoms with Gasteiger partial charge in [0, 0.05) is 30.4 Å². The van der Waals surface area contributed by atoms with Gasteiger partial charge < -0.3 is 14.4 Å². The van der Waals surface area contributed by atoms with Crippen LogP contribution in [0.15, 0.2) is 43.0 Å². The van der Waals surface area contributed by atoms with Gasteiger partial charge in [0.2, 0.25) is 0 Å². The summed E-state index contributed by atoms with van der Waals surface area (Å²) in [5, 5.41) is 10.6. The number of rotatable bonds is 2. The average Bonchev–Trinajstić information content (AvgIpc) is 2.87. The number of aliphatic hydroxyl groups is 1. The van der Waals surface area contributed by atoms with Crippen LogP contribution in [0, 0.1) is 5.92 Å². The molecule has 4 nitrogen and oxygen atoms in total. The quantitative estimate of drug-likeness (QED) is 0.899. The van der Waals surface area contributed by atoms with Crippen molar-refractivity contribution in [2.75, 3.05) is 0 Å². The first-order chi connectivity index (χ1) is 9.08. The van der Waals surface area contributed by atoms with Gasteiger partial charge in [0.15, 0.2) is 0 Å². The predicted molar refractivity (Wildman–Crippen MR) is 71.8 cm³/mol. The molecule has 2 aromatic rings. The van der Waals surface area contributed by atoms with Crippen LogP contribution in [0.1, 0.15) is 25.5 Å². The molecule has 0 spiro atoms. The molecule has 100 valence electrons. The van der Waals surface area contributed by atoms with Gasteiger partial charge in [0.25, 0.3) is 0 Å². The maximum absolute atomic E-state index is 10.6. The summed E-state index contributed by atoms with van der Waals surface area (Å²) >= 11 is 0. The van der Waals surface area contributed by atoms with Gasteiger partial charge in [0.05, 0.1) is 12.4 Å². The van der Waals surface area contributed by atoms with Crippen LogP contribution in [0.25, 0.3) is 0 Å². The lowest BCUT2D eigenvalue weighted by molar-refractivity contribution is -0.0610. The Morgan fingerprint density at radius 2 is 2.16 bits per heavy atom. The van der Waals surface area contributed by atoms with Gasteiger partial charge in [-0.15, -0.1) is 0 Å². The van der Waals surface area contributed by atoms with Crippen molar-refractivity contribution in [1.82, 2.24) is 9.55 Å². The Bertz CT molecular complexity index is 563. The lowest BCUT2D eigenvalue weighted by Crippen LogP contribution is -2.46. The zero-order valence-electron chi connectivity index (χ0n) is 11.2. The van der Waals surface area contributed by atoms with Gasteiger partial charge in [-0.25, -0.2) is 4.98 Å². The fourth-order valence-corrected chi connectivity index (χ4v) is 2.72. The third-order valence-corrected chi connectivity index (χ3v) is 3.85. The predicted octanol–water partition coefficient (Wildman–Crippen LogP) is 2.40. The van der Waals surface area contributed by atoms with Gasteiger partial charge >= 0.3 is 0 Å². The number of nitrogens with zero attached hydrogens (tertiary/aromatic N) is 2. The van der Waals surface area contributed by atoms with Gasteiger partial charge in [0.1, 0.15) is 11.4 Å². The Labute approximate surface area is 112 Å². The van der Waals surface area contributed by atoms with Crippen molar-refractivity contribution >= 4 is 0 Å². The van der Waals surface area contributed by atoms with E-state index in [2.05, 4.69) is 4.98 Å². The summed E-state index contributed by atoms with van der Waals surface area (Å²) in [5.41, 5.74) is 0.449. The maximum atomic E-state index is 10.6. The molecular formula is C15H18N2O2. The number of hydrogen-bond acceptors (Lipinski definition) is 3. The molecule has 0 radical (unpaired) electrons. The summed E-state index contributed by atoms with van der Waals surface area (Å²) in [4.78, 5) is 4.05. The number of ether oxygens (including phenoxy) is 1. The molecule has 0 aliphatic carbocycles. The van der Waals surface area contributed by atoms with E-state index in [9.17, 15) is 5.11 Å². The van der Waals surface area contributed by atoms with Gasteiger partial charge in [-0.2, -0.15) is 0 Å². The van der Waals surface area contributed by atoms with E-state index in [0.29, 0.717) is 6.54 Å². The monoisotopic (exact) mass is 258 g/mol. The van der Waals surface area contributed by atoms with Crippen molar-refractivity contribution in [2.24, 2.45) is 5.92 Å². The van der Waals surface area contributed by atoms with E-state index in [4.69, 9.17) is 4.74 Å². The molecule has 4 heteroatoms. The van der Waals surface area contributed by atoms with E-state index in [1.807, 2.05) is 48.9 Å². The molecule has 2 heterocycles. The minimum Gasteiger partial charge on any atom is -0.487 e. The van der Waals surface area contributed by atoms with Crippen LogP contribution in [0.5, 0.6) is 5.75 Å². The van der Waals surface area contributed by atoms with Crippen molar-refractivity contribution in [3.05, 3.63) is 48.5 Å². The number of imidazole rings is 1. The largest absolute Gasteiger partial charge is 0.487 e. The second kappa shape index (κ2) is 4.38. The van der Waals surface area contributed by atoms with Crippen LogP contribution in [-0.2, 0) is 6.54 Å². The minimum atomic E-state index is -0.526. The molecule has 0 saturated heterocycles.